The Morgan fingerprint density at radius 2 is 1.82 bits per heavy atom. The van der Waals surface area contributed by atoms with Gasteiger partial charge in [0, 0.05) is 17.2 Å². The molecular weight excluding hydrogens is 231 g/mol. The van der Waals surface area contributed by atoms with Gasteiger partial charge in [-0.05, 0) is 32.9 Å². The van der Waals surface area contributed by atoms with Gasteiger partial charge in [0.2, 0.25) is 0 Å². The van der Waals surface area contributed by atoms with Gasteiger partial charge < -0.3 is 10.8 Å². The number of halogens is 3. The summed E-state index contributed by atoms with van der Waals surface area (Å²) < 4.78 is 41.0. The van der Waals surface area contributed by atoms with Gasteiger partial charge in [-0.15, -0.1) is 0 Å². The topological polar surface area (TPSA) is 46.2 Å². The van der Waals surface area contributed by atoms with Gasteiger partial charge in [-0.25, -0.2) is 4.39 Å². The standard InChI is InChI=1S/C12H16F3NO/c1-7(16)9-6-8(4-5-10(9)13)12(14,15)11(2,3)17/h4-7,17H,16H2,1-3H3. The highest BCUT2D eigenvalue weighted by atomic mass is 19.3. The molecule has 0 saturated carbocycles. The lowest BCUT2D eigenvalue weighted by atomic mass is 9.91. The fourth-order valence-electron chi connectivity index (χ4n) is 1.44. The third-order valence-corrected chi connectivity index (χ3v) is 2.62. The molecule has 0 amide bonds. The van der Waals surface area contributed by atoms with Gasteiger partial charge >= 0.3 is 5.92 Å². The Labute approximate surface area is 98.3 Å². The van der Waals surface area contributed by atoms with E-state index in [2.05, 4.69) is 0 Å². The van der Waals surface area contributed by atoms with E-state index < -0.39 is 28.9 Å². The average Bonchev–Trinajstić information content (AvgIpc) is 2.15. The largest absolute Gasteiger partial charge is 0.384 e. The molecule has 1 unspecified atom stereocenters. The second-order valence-corrected chi connectivity index (χ2v) is 4.66. The molecule has 0 saturated heterocycles. The summed E-state index contributed by atoms with van der Waals surface area (Å²) in [5.41, 5.74) is 2.83. The van der Waals surface area contributed by atoms with Crippen molar-refractivity contribution in [1.82, 2.24) is 0 Å². The number of hydrogen-bond donors (Lipinski definition) is 2. The van der Waals surface area contributed by atoms with Crippen LogP contribution < -0.4 is 5.73 Å². The Bertz CT molecular complexity index is 411. The number of benzene rings is 1. The van der Waals surface area contributed by atoms with E-state index >= 15 is 0 Å². The van der Waals surface area contributed by atoms with Crippen molar-refractivity contribution in [3.05, 3.63) is 35.1 Å². The highest BCUT2D eigenvalue weighted by molar-refractivity contribution is 5.31. The van der Waals surface area contributed by atoms with E-state index in [4.69, 9.17) is 5.73 Å². The number of aliphatic hydroxyl groups is 1. The minimum absolute atomic E-state index is 0.00595. The summed E-state index contributed by atoms with van der Waals surface area (Å²) in [6.45, 7) is 3.51. The summed E-state index contributed by atoms with van der Waals surface area (Å²) >= 11 is 0. The molecule has 0 aliphatic carbocycles. The molecular formula is C12H16F3NO. The summed E-state index contributed by atoms with van der Waals surface area (Å²) in [5, 5.41) is 9.42. The molecule has 17 heavy (non-hydrogen) atoms. The van der Waals surface area contributed by atoms with Crippen LogP contribution in [0, 0.1) is 5.82 Å². The van der Waals surface area contributed by atoms with E-state index in [9.17, 15) is 18.3 Å². The molecule has 3 N–H and O–H groups in total. The molecule has 0 radical (unpaired) electrons. The molecule has 0 spiro atoms. The lowest BCUT2D eigenvalue weighted by molar-refractivity contribution is -0.168. The Morgan fingerprint density at radius 1 is 1.29 bits per heavy atom. The zero-order chi connectivity index (χ0) is 13.4. The van der Waals surface area contributed by atoms with Crippen LogP contribution in [-0.4, -0.2) is 10.7 Å². The molecule has 96 valence electrons. The lowest BCUT2D eigenvalue weighted by Crippen LogP contribution is -2.40. The molecule has 1 atom stereocenters. The number of rotatable bonds is 3. The van der Waals surface area contributed by atoms with Gasteiger partial charge in [0.25, 0.3) is 0 Å². The monoisotopic (exact) mass is 247 g/mol. The fraction of sp³-hybridized carbons (Fsp3) is 0.500. The van der Waals surface area contributed by atoms with Gasteiger partial charge in [-0.2, -0.15) is 8.78 Å². The van der Waals surface area contributed by atoms with Crippen LogP contribution in [0.15, 0.2) is 18.2 Å². The van der Waals surface area contributed by atoms with Gasteiger partial charge in [0.15, 0.2) is 0 Å². The third kappa shape index (κ3) is 2.61. The highest BCUT2D eigenvalue weighted by Gasteiger charge is 2.47. The van der Waals surface area contributed by atoms with E-state index in [-0.39, 0.29) is 5.56 Å². The zero-order valence-electron chi connectivity index (χ0n) is 9.97. The van der Waals surface area contributed by atoms with Crippen LogP contribution >= 0.6 is 0 Å². The van der Waals surface area contributed by atoms with Gasteiger partial charge in [0.1, 0.15) is 11.4 Å². The van der Waals surface area contributed by atoms with Crippen molar-refractivity contribution in [2.24, 2.45) is 5.73 Å². The molecule has 1 rings (SSSR count). The smallest absolute Gasteiger partial charge is 0.300 e. The van der Waals surface area contributed by atoms with Crippen molar-refractivity contribution in [2.45, 2.75) is 38.3 Å². The Hall–Kier alpha value is -1.07. The SMILES string of the molecule is CC(N)c1cc(C(F)(F)C(C)(C)O)ccc1F. The van der Waals surface area contributed by atoms with Crippen LogP contribution in [0.1, 0.15) is 37.9 Å². The third-order valence-electron chi connectivity index (χ3n) is 2.62. The highest BCUT2D eigenvalue weighted by Crippen LogP contribution is 2.39. The van der Waals surface area contributed by atoms with Crippen molar-refractivity contribution < 1.29 is 18.3 Å². The molecule has 0 aliphatic rings. The van der Waals surface area contributed by atoms with Crippen molar-refractivity contribution >= 4 is 0 Å². The average molecular weight is 247 g/mol. The van der Waals surface area contributed by atoms with Crippen molar-refractivity contribution in [1.29, 1.82) is 0 Å². The van der Waals surface area contributed by atoms with E-state index in [0.717, 1.165) is 32.0 Å². The van der Waals surface area contributed by atoms with E-state index in [1.165, 1.54) is 6.92 Å². The predicted molar refractivity (Wildman–Crippen MR) is 59.2 cm³/mol. The molecule has 0 fully saturated rings. The molecule has 0 aliphatic heterocycles. The van der Waals surface area contributed by atoms with E-state index in [1.807, 2.05) is 0 Å². The van der Waals surface area contributed by atoms with Crippen LogP contribution in [-0.2, 0) is 5.92 Å². The quantitative estimate of drug-likeness (QED) is 0.862. The fourth-order valence-corrected chi connectivity index (χ4v) is 1.44. The molecule has 1 aromatic carbocycles. The molecule has 2 nitrogen and oxygen atoms in total. The van der Waals surface area contributed by atoms with Crippen LogP contribution in [0.25, 0.3) is 0 Å². The zero-order valence-corrected chi connectivity index (χ0v) is 9.97. The maximum atomic E-state index is 13.8. The molecule has 0 aromatic heterocycles. The maximum absolute atomic E-state index is 13.8. The Balaban J connectivity index is 3.30. The maximum Gasteiger partial charge on any atom is 0.300 e. The second-order valence-electron chi connectivity index (χ2n) is 4.66. The summed E-state index contributed by atoms with van der Waals surface area (Å²) in [7, 11) is 0. The Kier molecular flexibility index (Phi) is 3.55. The van der Waals surface area contributed by atoms with Crippen LogP contribution in [0.2, 0.25) is 0 Å². The minimum atomic E-state index is -3.47. The van der Waals surface area contributed by atoms with Gasteiger partial charge in [-0.1, -0.05) is 6.07 Å². The predicted octanol–water partition coefficient (Wildman–Crippen LogP) is 2.71. The number of alkyl halides is 2. The van der Waals surface area contributed by atoms with Crippen LogP contribution in [0.4, 0.5) is 13.2 Å². The lowest BCUT2D eigenvalue weighted by Gasteiger charge is -2.29. The Morgan fingerprint density at radius 3 is 2.24 bits per heavy atom. The first-order chi connectivity index (χ1) is 7.57. The van der Waals surface area contributed by atoms with Crippen molar-refractivity contribution in [2.75, 3.05) is 0 Å². The molecule has 1 aromatic rings. The van der Waals surface area contributed by atoms with E-state index in [0.29, 0.717) is 0 Å². The second kappa shape index (κ2) is 4.31. The van der Waals surface area contributed by atoms with Crippen molar-refractivity contribution in [3.8, 4) is 0 Å². The number of hydrogen-bond acceptors (Lipinski definition) is 2. The first kappa shape index (κ1) is 14.0. The minimum Gasteiger partial charge on any atom is -0.384 e. The van der Waals surface area contributed by atoms with E-state index in [1.54, 1.807) is 0 Å². The van der Waals surface area contributed by atoms with Gasteiger partial charge in [-0.3, -0.25) is 0 Å². The first-order valence-corrected chi connectivity index (χ1v) is 5.23. The van der Waals surface area contributed by atoms with Crippen molar-refractivity contribution in [3.63, 3.8) is 0 Å². The molecule has 5 heteroatoms. The summed E-state index contributed by atoms with van der Waals surface area (Å²) in [6, 6.07) is 2.21. The molecule has 0 bridgehead atoms. The van der Waals surface area contributed by atoms with Crippen LogP contribution in [0.3, 0.4) is 0 Å². The number of nitrogens with two attached hydrogens (primary N) is 1. The first-order valence-electron chi connectivity index (χ1n) is 5.23. The summed E-state index contributed by atoms with van der Waals surface area (Å²) in [5.74, 6) is -4.10. The van der Waals surface area contributed by atoms with Gasteiger partial charge in [0.05, 0.1) is 0 Å². The van der Waals surface area contributed by atoms with Crippen LogP contribution in [0.5, 0.6) is 0 Å². The summed E-state index contributed by atoms with van der Waals surface area (Å²) in [6.07, 6.45) is 0. The summed E-state index contributed by atoms with van der Waals surface area (Å²) in [4.78, 5) is 0. The normalized spacial score (nSPS) is 14.8. The molecule has 0 heterocycles.